The third-order valence-corrected chi connectivity index (χ3v) is 11.8. The molecule has 4 aliphatic rings. The average molecular weight is 498 g/mol. The molecule has 0 amide bonds. The molecule has 2 aromatic rings. The molecule has 5 nitrogen and oxygen atoms in total. The molecule has 4 fully saturated rings. The van der Waals surface area contributed by atoms with Gasteiger partial charge in [-0.05, 0) is 111 Å². The fourth-order valence-corrected chi connectivity index (χ4v) is 9.63. The van der Waals surface area contributed by atoms with E-state index in [1.54, 1.807) is 6.20 Å². The van der Waals surface area contributed by atoms with Crippen molar-refractivity contribution in [2.24, 2.45) is 40.2 Å². The van der Waals surface area contributed by atoms with E-state index in [2.05, 4.69) is 18.9 Å². The SMILES string of the molecule is CC12CC[C@@]3(N)C(CC[C@H]4C[C@](C)(O)CC[C@@]43C)[C@@H]1CC[C@@H]2C(=O)Cn1ncc2cc(Cl)ccc21. The van der Waals surface area contributed by atoms with Gasteiger partial charge in [-0.25, -0.2) is 0 Å². The maximum atomic E-state index is 13.7. The van der Waals surface area contributed by atoms with Crippen molar-refractivity contribution in [1.82, 2.24) is 9.78 Å². The van der Waals surface area contributed by atoms with Crippen molar-refractivity contribution < 1.29 is 9.90 Å². The topological polar surface area (TPSA) is 81.1 Å². The summed E-state index contributed by atoms with van der Waals surface area (Å²) in [6, 6.07) is 5.73. The summed E-state index contributed by atoms with van der Waals surface area (Å²) in [5, 5.41) is 17.0. The summed E-state index contributed by atoms with van der Waals surface area (Å²) in [5.41, 5.74) is 7.79. The Hall–Kier alpha value is -1.43. The Kier molecular flexibility index (Phi) is 5.33. The molecule has 0 radical (unpaired) electrons. The number of carbonyl (C=O) groups is 1. The molecule has 35 heavy (non-hydrogen) atoms. The lowest BCUT2D eigenvalue weighted by Crippen LogP contribution is -2.70. The highest BCUT2D eigenvalue weighted by Crippen LogP contribution is 2.68. The van der Waals surface area contributed by atoms with Gasteiger partial charge in [-0.1, -0.05) is 25.4 Å². The number of nitrogens with two attached hydrogens (primary N) is 1. The summed E-state index contributed by atoms with van der Waals surface area (Å²) in [6.07, 6.45) is 10.9. The van der Waals surface area contributed by atoms with E-state index in [9.17, 15) is 9.90 Å². The maximum absolute atomic E-state index is 13.7. The van der Waals surface area contributed by atoms with Crippen molar-refractivity contribution >= 4 is 28.3 Å². The van der Waals surface area contributed by atoms with E-state index in [1.807, 2.05) is 29.8 Å². The van der Waals surface area contributed by atoms with Crippen molar-refractivity contribution in [2.45, 2.75) is 96.2 Å². The molecule has 3 N–H and O–H groups in total. The maximum Gasteiger partial charge on any atom is 0.157 e. The van der Waals surface area contributed by atoms with Crippen LogP contribution in [0.5, 0.6) is 0 Å². The highest BCUT2D eigenvalue weighted by atomic mass is 35.5. The first kappa shape index (κ1) is 23.9. The largest absolute Gasteiger partial charge is 0.390 e. The smallest absolute Gasteiger partial charge is 0.157 e. The van der Waals surface area contributed by atoms with Crippen LogP contribution in [0.25, 0.3) is 10.9 Å². The van der Waals surface area contributed by atoms with Crippen LogP contribution in [0.15, 0.2) is 24.4 Å². The molecule has 1 aromatic carbocycles. The molecule has 4 aliphatic carbocycles. The van der Waals surface area contributed by atoms with Gasteiger partial charge < -0.3 is 10.8 Å². The molecule has 6 rings (SSSR count). The van der Waals surface area contributed by atoms with Gasteiger partial charge in [-0.2, -0.15) is 5.10 Å². The summed E-state index contributed by atoms with van der Waals surface area (Å²) in [6.45, 7) is 7.14. The Morgan fingerprint density at radius 3 is 2.69 bits per heavy atom. The zero-order valence-electron chi connectivity index (χ0n) is 21.4. The predicted molar refractivity (Wildman–Crippen MR) is 139 cm³/mol. The van der Waals surface area contributed by atoms with Crippen molar-refractivity contribution in [2.75, 3.05) is 0 Å². The van der Waals surface area contributed by atoms with Crippen molar-refractivity contribution in [3.05, 3.63) is 29.4 Å². The van der Waals surface area contributed by atoms with E-state index in [0.29, 0.717) is 35.1 Å². The Morgan fingerprint density at radius 1 is 1.11 bits per heavy atom. The van der Waals surface area contributed by atoms with Crippen LogP contribution in [0.2, 0.25) is 5.02 Å². The van der Waals surface area contributed by atoms with Crippen LogP contribution in [-0.4, -0.2) is 31.8 Å². The molecule has 0 bridgehead atoms. The summed E-state index contributed by atoms with van der Waals surface area (Å²) in [5.74, 6) is 1.85. The lowest BCUT2D eigenvalue weighted by molar-refractivity contribution is -0.162. The fourth-order valence-electron chi connectivity index (χ4n) is 9.45. The molecule has 1 heterocycles. The molecule has 4 saturated carbocycles. The first-order chi connectivity index (χ1) is 16.5. The Labute approximate surface area is 213 Å². The molecule has 190 valence electrons. The van der Waals surface area contributed by atoms with Gasteiger partial charge in [0.15, 0.2) is 5.78 Å². The minimum absolute atomic E-state index is 0.0141. The van der Waals surface area contributed by atoms with Crippen molar-refractivity contribution in [3.8, 4) is 0 Å². The lowest BCUT2D eigenvalue weighted by Gasteiger charge is -2.67. The number of ketones is 1. The summed E-state index contributed by atoms with van der Waals surface area (Å²) in [4.78, 5) is 13.7. The number of halogens is 1. The quantitative estimate of drug-likeness (QED) is 0.565. The molecule has 1 aromatic heterocycles. The second-order valence-corrected chi connectivity index (χ2v) is 13.7. The van der Waals surface area contributed by atoms with Crippen LogP contribution < -0.4 is 5.73 Å². The highest BCUT2D eigenvalue weighted by Gasteiger charge is 2.67. The fraction of sp³-hybridized carbons (Fsp3) is 0.724. The number of Topliss-reactive ketones (excluding diaryl/α,β-unsaturated/α-hetero) is 1. The minimum atomic E-state index is -0.552. The van der Waals surface area contributed by atoms with Crippen LogP contribution in [-0.2, 0) is 11.3 Å². The number of hydrogen-bond acceptors (Lipinski definition) is 4. The summed E-state index contributed by atoms with van der Waals surface area (Å²) >= 11 is 6.14. The summed E-state index contributed by atoms with van der Waals surface area (Å²) < 4.78 is 1.85. The van der Waals surface area contributed by atoms with E-state index < -0.39 is 5.60 Å². The van der Waals surface area contributed by atoms with Crippen LogP contribution in [0.4, 0.5) is 0 Å². The number of fused-ring (bicyclic) bond motifs is 6. The third kappa shape index (κ3) is 3.40. The number of aromatic nitrogens is 2. The van der Waals surface area contributed by atoms with E-state index in [4.69, 9.17) is 17.3 Å². The van der Waals surface area contributed by atoms with Crippen LogP contribution in [0.3, 0.4) is 0 Å². The zero-order valence-corrected chi connectivity index (χ0v) is 22.2. The number of nitrogens with zero attached hydrogens (tertiary/aromatic N) is 2. The normalized spacial score (nSPS) is 45.1. The number of carbonyl (C=O) groups excluding carboxylic acids is 1. The molecular formula is C29H40ClN3O2. The van der Waals surface area contributed by atoms with Gasteiger partial charge in [0, 0.05) is 21.9 Å². The van der Waals surface area contributed by atoms with Gasteiger partial charge in [0.25, 0.3) is 0 Å². The van der Waals surface area contributed by atoms with E-state index in [-0.39, 0.29) is 22.3 Å². The van der Waals surface area contributed by atoms with E-state index in [0.717, 1.165) is 68.7 Å². The second kappa shape index (κ2) is 7.79. The van der Waals surface area contributed by atoms with Gasteiger partial charge in [-0.15, -0.1) is 0 Å². The number of aliphatic hydroxyl groups is 1. The number of rotatable bonds is 3. The van der Waals surface area contributed by atoms with Crippen LogP contribution in [0.1, 0.15) is 78.6 Å². The van der Waals surface area contributed by atoms with Crippen LogP contribution >= 0.6 is 11.6 Å². The Bertz CT molecular complexity index is 1180. The zero-order chi connectivity index (χ0) is 24.8. The standard InChI is InChI=1S/C29H40ClN3O2/c1-26(35)10-12-28(3)19(15-26)4-6-22-21-7-8-23(27(21,2)11-13-29(22,28)31)25(34)17-33-24-9-5-20(30)14-18(24)16-32-33/h5,9,14,16,19,21-23,35H,4,6-8,10-13,15,17,31H2,1-3H3/t19-,21-,22?,23+,26+,27?,28-,29+/m0/s1. The van der Waals surface area contributed by atoms with E-state index in [1.165, 1.54) is 0 Å². The lowest BCUT2D eigenvalue weighted by atomic mass is 9.40. The van der Waals surface area contributed by atoms with Gasteiger partial charge in [-0.3, -0.25) is 9.48 Å². The first-order valence-corrected chi connectivity index (χ1v) is 14.0. The molecule has 0 spiro atoms. The minimum Gasteiger partial charge on any atom is -0.390 e. The van der Waals surface area contributed by atoms with Gasteiger partial charge in [0.1, 0.15) is 6.54 Å². The molecule has 0 aliphatic heterocycles. The third-order valence-electron chi connectivity index (χ3n) is 11.6. The summed E-state index contributed by atoms with van der Waals surface area (Å²) in [7, 11) is 0. The number of benzene rings is 1. The molecule has 6 heteroatoms. The molecular weight excluding hydrogens is 458 g/mol. The van der Waals surface area contributed by atoms with Gasteiger partial charge in [0.2, 0.25) is 0 Å². The second-order valence-electron chi connectivity index (χ2n) is 13.3. The molecule has 8 atom stereocenters. The average Bonchev–Trinajstić information content (AvgIpc) is 3.35. The van der Waals surface area contributed by atoms with Crippen molar-refractivity contribution in [3.63, 3.8) is 0 Å². The van der Waals surface area contributed by atoms with Crippen LogP contribution in [0, 0.1) is 34.5 Å². The molecule has 0 saturated heterocycles. The monoisotopic (exact) mass is 497 g/mol. The van der Waals surface area contributed by atoms with Gasteiger partial charge in [0.05, 0.1) is 17.3 Å². The van der Waals surface area contributed by atoms with E-state index >= 15 is 0 Å². The Balaban J connectivity index is 1.24. The molecule has 2 unspecified atom stereocenters. The predicted octanol–water partition coefficient (Wildman–Crippen LogP) is 5.75. The highest BCUT2D eigenvalue weighted by molar-refractivity contribution is 6.31. The Morgan fingerprint density at radius 2 is 1.89 bits per heavy atom. The van der Waals surface area contributed by atoms with Gasteiger partial charge >= 0.3 is 0 Å². The van der Waals surface area contributed by atoms with Crippen molar-refractivity contribution in [1.29, 1.82) is 0 Å². The number of hydrogen-bond donors (Lipinski definition) is 2. The first-order valence-electron chi connectivity index (χ1n) is 13.6.